The minimum Gasteiger partial charge on any atom is -0.374 e. The Balaban J connectivity index is 2.27. The second-order valence-electron chi connectivity index (χ2n) is 5.91. The number of benzene rings is 1. The van der Waals surface area contributed by atoms with Gasteiger partial charge in [-0.1, -0.05) is 18.1 Å². The molecular formula is C18H16F4N2O2S. The van der Waals surface area contributed by atoms with Gasteiger partial charge in [-0.05, 0) is 24.6 Å². The van der Waals surface area contributed by atoms with Crippen molar-refractivity contribution >= 4 is 17.2 Å². The topological polar surface area (TPSA) is 53.4 Å². The van der Waals surface area contributed by atoms with Crippen LogP contribution in [0, 0.1) is 25.1 Å². The van der Waals surface area contributed by atoms with Crippen LogP contribution in [0.1, 0.15) is 22.7 Å². The first-order valence-corrected chi connectivity index (χ1v) is 8.62. The highest BCUT2D eigenvalue weighted by molar-refractivity contribution is 7.09. The molecule has 0 aliphatic carbocycles. The van der Waals surface area contributed by atoms with E-state index in [2.05, 4.69) is 10.9 Å². The average molecular weight is 400 g/mol. The summed E-state index contributed by atoms with van der Waals surface area (Å²) >= 11 is 0.622. The van der Waals surface area contributed by atoms with Crippen LogP contribution in [0.4, 0.5) is 17.6 Å². The molecule has 4 nitrogen and oxygen atoms in total. The molecule has 0 fully saturated rings. The molecule has 1 aromatic carbocycles. The van der Waals surface area contributed by atoms with Gasteiger partial charge in [-0.25, -0.2) is 9.37 Å². The van der Waals surface area contributed by atoms with Crippen molar-refractivity contribution in [2.75, 3.05) is 6.54 Å². The molecule has 0 spiro atoms. The van der Waals surface area contributed by atoms with Gasteiger partial charge in [-0.2, -0.15) is 13.2 Å². The van der Waals surface area contributed by atoms with E-state index in [4.69, 9.17) is 6.42 Å². The zero-order valence-corrected chi connectivity index (χ0v) is 15.1. The molecule has 1 amide bonds. The lowest BCUT2D eigenvalue weighted by Gasteiger charge is -2.30. The molecule has 2 aromatic rings. The highest BCUT2D eigenvalue weighted by atomic mass is 32.1. The third-order valence-electron chi connectivity index (χ3n) is 3.77. The van der Waals surface area contributed by atoms with Crippen LogP contribution in [0.25, 0.3) is 0 Å². The number of hydrogen-bond donors (Lipinski definition) is 1. The molecule has 1 heterocycles. The van der Waals surface area contributed by atoms with Crippen molar-refractivity contribution in [3.05, 3.63) is 51.7 Å². The lowest BCUT2D eigenvalue weighted by atomic mass is 9.98. The van der Waals surface area contributed by atoms with E-state index in [1.165, 1.54) is 24.4 Å². The summed E-state index contributed by atoms with van der Waals surface area (Å²) in [5.74, 6) is 0.722. The van der Waals surface area contributed by atoms with Crippen LogP contribution in [0.15, 0.2) is 29.6 Å². The van der Waals surface area contributed by atoms with Gasteiger partial charge in [0.05, 0.1) is 13.0 Å². The van der Waals surface area contributed by atoms with E-state index in [-0.39, 0.29) is 13.1 Å². The fourth-order valence-corrected chi connectivity index (χ4v) is 3.24. The van der Waals surface area contributed by atoms with Crippen LogP contribution >= 0.6 is 11.3 Å². The lowest BCUT2D eigenvalue weighted by Crippen LogP contribution is -2.47. The molecule has 0 aliphatic rings. The zero-order chi connectivity index (χ0) is 20.2. The van der Waals surface area contributed by atoms with Crippen LogP contribution in [-0.4, -0.2) is 33.6 Å². The van der Waals surface area contributed by atoms with Gasteiger partial charge < -0.3 is 10.0 Å². The molecule has 0 saturated carbocycles. The van der Waals surface area contributed by atoms with E-state index in [0.29, 0.717) is 22.6 Å². The van der Waals surface area contributed by atoms with E-state index in [9.17, 15) is 27.5 Å². The largest absolute Gasteiger partial charge is 0.424 e. The second-order valence-corrected chi connectivity index (χ2v) is 6.77. The first kappa shape index (κ1) is 20.9. The summed E-state index contributed by atoms with van der Waals surface area (Å²) in [5, 5.41) is 11.0. The maximum Gasteiger partial charge on any atom is 0.424 e. The van der Waals surface area contributed by atoms with Gasteiger partial charge in [0.2, 0.25) is 11.5 Å². The monoisotopic (exact) mass is 400 g/mol. The molecule has 0 saturated heterocycles. The predicted molar refractivity (Wildman–Crippen MR) is 92.1 cm³/mol. The van der Waals surface area contributed by atoms with Gasteiger partial charge in [0.1, 0.15) is 10.8 Å². The minimum atomic E-state index is -5.11. The molecular weight excluding hydrogens is 384 g/mol. The molecule has 9 heteroatoms. The molecule has 0 bridgehead atoms. The first-order valence-electron chi connectivity index (χ1n) is 7.74. The molecule has 0 radical (unpaired) electrons. The summed E-state index contributed by atoms with van der Waals surface area (Å²) in [6.45, 7) is 1.10. The van der Waals surface area contributed by atoms with E-state index in [1.807, 2.05) is 0 Å². The van der Waals surface area contributed by atoms with Gasteiger partial charge in [0.25, 0.3) is 0 Å². The van der Waals surface area contributed by atoms with E-state index < -0.39 is 34.9 Å². The molecule has 1 N–H and O–H groups in total. The fraction of sp³-hybridized carbons (Fsp3) is 0.333. The van der Waals surface area contributed by atoms with Crippen molar-refractivity contribution in [3.8, 4) is 12.3 Å². The van der Waals surface area contributed by atoms with Crippen LogP contribution in [0.2, 0.25) is 0 Å². The number of amides is 1. The number of alkyl halides is 3. The Morgan fingerprint density at radius 1 is 1.33 bits per heavy atom. The van der Waals surface area contributed by atoms with Crippen molar-refractivity contribution in [2.45, 2.75) is 31.7 Å². The smallest absolute Gasteiger partial charge is 0.374 e. The number of hydrogen-bond acceptors (Lipinski definition) is 4. The minimum absolute atomic E-state index is 0.117. The summed E-state index contributed by atoms with van der Waals surface area (Å²) in [6.07, 6.45) is -1.15. The van der Waals surface area contributed by atoms with Gasteiger partial charge in [-0.15, -0.1) is 17.8 Å². The number of carbonyl (C=O) groups is 1. The maximum absolute atomic E-state index is 13.5. The van der Waals surface area contributed by atoms with Crippen molar-refractivity contribution in [1.29, 1.82) is 0 Å². The Labute approximate surface area is 157 Å². The SMILES string of the molecule is C#CCN(Cc1ccc(F)cc1)C(=O)CC(O)(c1nc(C)cs1)C(F)(F)F. The van der Waals surface area contributed by atoms with Crippen LogP contribution < -0.4 is 0 Å². The van der Waals surface area contributed by atoms with Crippen LogP contribution in [0.3, 0.4) is 0 Å². The predicted octanol–water partition coefficient (Wildman–Crippen LogP) is 3.39. The number of rotatable bonds is 6. The number of aryl methyl sites for hydroxylation is 1. The molecule has 144 valence electrons. The highest BCUT2D eigenvalue weighted by Crippen LogP contribution is 2.43. The van der Waals surface area contributed by atoms with Crippen molar-refractivity contribution in [2.24, 2.45) is 0 Å². The van der Waals surface area contributed by atoms with Gasteiger partial charge in [-0.3, -0.25) is 4.79 Å². The number of aromatic nitrogens is 1. The zero-order valence-electron chi connectivity index (χ0n) is 14.3. The van der Waals surface area contributed by atoms with Crippen molar-refractivity contribution < 1.29 is 27.5 Å². The van der Waals surface area contributed by atoms with Crippen molar-refractivity contribution in [3.63, 3.8) is 0 Å². The molecule has 1 unspecified atom stereocenters. The highest BCUT2D eigenvalue weighted by Gasteiger charge is 2.58. The average Bonchev–Trinajstić information content (AvgIpc) is 3.02. The molecule has 2 rings (SSSR count). The van der Waals surface area contributed by atoms with Gasteiger partial charge in [0, 0.05) is 17.6 Å². The van der Waals surface area contributed by atoms with E-state index in [0.717, 1.165) is 17.0 Å². The maximum atomic E-state index is 13.5. The second kappa shape index (κ2) is 8.06. The Morgan fingerprint density at radius 2 is 1.96 bits per heavy atom. The van der Waals surface area contributed by atoms with Gasteiger partial charge >= 0.3 is 6.18 Å². The van der Waals surface area contributed by atoms with E-state index in [1.54, 1.807) is 0 Å². The number of nitrogens with zero attached hydrogens (tertiary/aromatic N) is 2. The number of terminal acetylenes is 1. The molecule has 1 aromatic heterocycles. The third-order valence-corrected chi connectivity index (χ3v) is 4.88. The molecule has 1 atom stereocenters. The summed E-state index contributed by atoms with van der Waals surface area (Å²) in [6, 6.07) is 5.12. The standard InChI is InChI=1S/C18H16F4N2O2S/c1-3-8-24(10-13-4-6-14(19)7-5-13)15(25)9-17(26,18(20,21)22)16-23-12(2)11-27-16/h1,4-7,11,26H,8-10H2,2H3. The fourth-order valence-electron chi connectivity index (χ4n) is 2.32. The summed E-state index contributed by atoms with van der Waals surface area (Å²) < 4.78 is 53.6. The van der Waals surface area contributed by atoms with Crippen LogP contribution in [-0.2, 0) is 16.9 Å². The number of halogens is 4. The summed E-state index contributed by atoms with van der Waals surface area (Å²) in [7, 11) is 0. The van der Waals surface area contributed by atoms with Gasteiger partial charge in [0.15, 0.2) is 0 Å². The normalized spacial score (nSPS) is 13.7. The number of thiazole rings is 1. The van der Waals surface area contributed by atoms with Crippen molar-refractivity contribution in [1.82, 2.24) is 9.88 Å². The number of aliphatic hydroxyl groups is 1. The molecule has 0 aliphatic heterocycles. The lowest BCUT2D eigenvalue weighted by molar-refractivity contribution is -0.268. The Bertz CT molecular complexity index is 842. The Hall–Kier alpha value is -2.44. The van der Waals surface area contributed by atoms with Crippen LogP contribution in [0.5, 0.6) is 0 Å². The Morgan fingerprint density at radius 3 is 2.44 bits per heavy atom. The number of carbonyl (C=O) groups excluding carboxylic acids is 1. The third kappa shape index (κ3) is 4.84. The summed E-state index contributed by atoms with van der Waals surface area (Å²) in [5.41, 5.74) is -2.63. The molecule has 27 heavy (non-hydrogen) atoms. The Kier molecular flexibility index (Phi) is 6.23. The van der Waals surface area contributed by atoms with E-state index >= 15 is 0 Å². The quantitative estimate of drug-likeness (QED) is 0.597. The first-order chi connectivity index (χ1) is 12.6. The summed E-state index contributed by atoms with van der Waals surface area (Å²) in [4.78, 5) is 17.2.